The van der Waals surface area contributed by atoms with Crippen molar-refractivity contribution in [1.82, 2.24) is 9.78 Å². The highest BCUT2D eigenvalue weighted by atomic mass is 19.1. The molecular weight excluding hydrogens is 223 g/mol. The average Bonchev–Trinajstić information content (AvgIpc) is 2.82. The van der Waals surface area contributed by atoms with Crippen LogP contribution < -0.4 is 0 Å². The third-order valence-corrected chi connectivity index (χ3v) is 2.78. The smallest absolute Gasteiger partial charge is 0.336 e. The van der Waals surface area contributed by atoms with Crippen molar-refractivity contribution in [1.29, 1.82) is 0 Å². The zero-order valence-corrected chi connectivity index (χ0v) is 9.17. The Bertz CT molecular complexity index is 539. The van der Waals surface area contributed by atoms with Crippen LogP contribution in [0.25, 0.3) is 0 Å². The lowest BCUT2D eigenvalue weighted by Crippen LogP contribution is -2.41. The minimum atomic E-state index is -1.55. The van der Waals surface area contributed by atoms with Gasteiger partial charge in [-0.3, -0.25) is 4.68 Å². The molecule has 0 saturated carbocycles. The van der Waals surface area contributed by atoms with E-state index in [1.54, 1.807) is 12.1 Å². The number of aliphatic carboxylic acids is 1. The number of carbonyl (C=O) groups is 1. The normalized spacial score (nSPS) is 14.2. The molecule has 1 aromatic carbocycles. The van der Waals surface area contributed by atoms with E-state index >= 15 is 0 Å². The number of aromatic nitrogens is 2. The quantitative estimate of drug-likeness (QED) is 0.882. The molecule has 0 bridgehead atoms. The summed E-state index contributed by atoms with van der Waals surface area (Å²) in [5, 5.41) is 13.3. The van der Waals surface area contributed by atoms with Gasteiger partial charge in [0, 0.05) is 18.0 Å². The Labute approximate surface area is 97.3 Å². The molecule has 1 heterocycles. The van der Waals surface area contributed by atoms with Gasteiger partial charge in [-0.25, -0.2) is 9.18 Å². The number of nitrogens with zero attached hydrogens (tertiary/aromatic N) is 2. The lowest BCUT2D eigenvalue weighted by atomic mass is 9.92. The van der Waals surface area contributed by atoms with Gasteiger partial charge in [-0.2, -0.15) is 5.10 Å². The van der Waals surface area contributed by atoms with Crippen molar-refractivity contribution in [2.24, 2.45) is 0 Å². The Kier molecular flexibility index (Phi) is 2.67. The molecule has 1 unspecified atom stereocenters. The summed E-state index contributed by atoms with van der Waals surface area (Å²) in [4.78, 5) is 11.4. The Morgan fingerprint density at radius 3 is 2.65 bits per heavy atom. The van der Waals surface area contributed by atoms with Crippen LogP contribution in [0.1, 0.15) is 12.5 Å². The van der Waals surface area contributed by atoms with E-state index in [2.05, 4.69) is 5.10 Å². The van der Waals surface area contributed by atoms with Gasteiger partial charge in [0.2, 0.25) is 0 Å². The van der Waals surface area contributed by atoms with Crippen LogP contribution in [-0.4, -0.2) is 20.9 Å². The van der Waals surface area contributed by atoms with Gasteiger partial charge in [0.1, 0.15) is 5.82 Å². The van der Waals surface area contributed by atoms with E-state index in [0.29, 0.717) is 0 Å². The van der Waals surface area contributed by atoms with E-state index in [-0.39, 0.29) is 5.56 Å². The maximum Gasteiger partial charge on any atom is 0.336 e. The second-order valence-corrected chi connectivity index (χ2v) is 3.81. The summed E-state index contributed by atoms with van der Waals surface area (Å²) in [5.41, 5.74) is -1.47. The van der Waals surface area contributed by atoms with Gasteiger partial charge in [0.15, 0.2) is 5.54 Å². The molecule has 0 fully saturated rings. The minimum absolute atomic E-state index is 0.0798. The molecular formula is C12H11FN2O2. The number of carboxylic acids is 1. The first-order valence-corrected chi connectivity index (χ1v) is 5.05. The molecule has 0 radical (unpaired) electrons. The summed E-state index contributed by atoms with van der Waals surface area (Å²) >= 11 is 0. The summed E-state index contributed by atoms with van der Waals surface area (Å²) in [6.45, 7) is 1.42. The standard InChI is InChI=1S/C12H11FN2O2/c1-12(11(16)17,15-8-4-7-14-15)9-5-2-3-6-10(9)13/h2-8H,1H3,(H,16,17). The van der Waals surface area contributed by atoms with Crippen LogP contribution in [0.2, 0.25) is 0 Å². The molecule has 88 valence electrons. The fourth-order valence-electron chi connectivity index (χ4n) is 1.73. The predicted molar refractivity (Wildman–Crippen MR) is 59.0 cm³/mol. The highest BCUT2D eigenvalue weighted by Gasteiger charge is 2.39. The van der Waals surface area contributed by atoms with Crippen LogP contribution in [0.15, 0.2) is 42.7 Å². The Balaban J connectivity index is 2.65. The number of benzene rings is 1. The molecule has 1 atom stereocenters. The molecule has 0 aliphatic carbocycles. The maximum atomic E-state index is 13.7. The molecule has 4 nitrogen and oxygen atoms in total. The molecule has 0 aliphatic heterocycles. The first kappa shape index (κ1) is 11.3. The van der Waals surface area contributed by atoms with E-state index in [1.165, 1.54) is 42.2 Å². The molecule has 1 N–H and O–H groups in total. The highest BCUT2D eigenvalue weighted by molar-refractivity contribution is 5.80. The van der Waals surface area contributed by atoms with Gasteiger partial charge < -0.3 is 5.11 Å². The highest BCUT2D eigenvalue weighted by Crippen LogP contribution is 2.27. The van der Waals surface area contributed by atoms with Gasteiger partial charge in [-0.05, 0) is 19.1 Å². The SMILES string of the molecule is CC(C(=O)O)(c1ccccc1F)n1cccn1. The minimum Gasteiger partial charge on any atom is -0.479 e. The molecule has 1 aromatic heterocycles. The summed E-state index contributed by atoms with van der Waals surface area (Å²) in [6.07, 6.45) is 2.96. The third kappa shape index (κ3) is 1.69. The summed E-state index contributed by atoms with van der Waals surface area (Å²) in [5.74, 6) is -1.72. The van der Waals surface area contributed by atoms with E-state index in [1.807, 2.05) is 0 Å². The van der Waals surface area contributed by atoms with Crippen LogP contribution in [0.4, 0.5) is 4.39 Å². The van der Waals surface area contributed by atoms with E-state index in [4.69, 9.17) is 0 Å². The summed E-state index contributed by atoms with van der Waals surface area (Å²) in [6, 6.07) is 7.40. The Hall–Kier alpha value is -2.17. The van der Waals surface area contributed by atoms with Crippen LogP contribution in [-0.2, 0) is 10.3 Å². The number of hydrogen-bond donors (Lipinski definition) is 1. The zero-order valence-electron chi connectivity index (χ0n) is 9.17. The first-order chi connectivity index (χ1) is 8.06. The van der Waals surface area contributed by atoms with Gasteiger partial charge in [-0.1, -0.05) is 18.2 Å². The van der Waals surface area contributed by atoms with Crippen molar-refractivity contribution in [3.8, 4) is 0 Å². The van der Waals surface area contributed by atoms with Crippen LogP contribution in [0.3, 0.4) is 0 Å². The third-order valence-electron chi connectivity index (χ3n) is 2.78. The lowest BCUT2D eigenvalue weighted by molar-refractivity contribution is -0.145. The average molecular weight is 234 g/mol. The van der Waals surface area contributed by atoms with Crippen LogP contribution in [0, 0.1) is 5.82 Å². The lowest BCUT2D eigenvalue weighted by Gasteiger charge is -2.26. The van der Waals surface area contributed by atoms with Crippen molar-refractivity contribution >= 4 is 5.97 Å². The predicted octanol–water partition coefficient (Wildman–Crippen LogP) is 1.87. The van der Waals surface area contributed by atoms with Gasteiger partial charge in [0.25, 0.3) is 0 Å². The Morgan fingerprint density at radius 2 is 2.12 bits per heavy atom. The van der Waals surface area contributed by atoms with Crippen molar-refractivity contribution in [3.05, 3.63) is 54.1 Å². The van der Waals surface area contributed by atoms with Gasteiger partial charge in [-0.15, -0.1) is 0 Å². The van der Waals surface area contributed by atoms with Crippen LogP contribution >= 0.6 is 0 Å². The largest absolute Gasteiger partial charge is 0.479 e. The number of hydrogen-bond acceptors (Lipinski definition) is 2. The number of rotatable bonds is 3. The maximum absolute atomic E-state index is 13.7. The molecule has 5 heteroatoms. The topological polar surface area (TPSA) is 55.1 Å². The number of halogens is 1. The Morgan fingerprint density at radius 1 is 1.41 bits per heavy atom. The molecule has 0 amide bonds. The summed E-state index contributed by atoms with van der Waals surface area (Å²) < 4.78 is 15.0. The molecule has 2 aromatic rings. The van der Waals surface area contributed by atoms with Crippen molar-refractivity contribution in [2.45, 2.75) is 12.5 Å². The van der Waals surface area contributed by atoms with Gasteiger partial charge >= 0.3 is 5.97 Å². The molecule has 2 rings (SSSR count). The van der Waals surface area contributed by atoms with Crippen molar-refractivity contribution in [3.63, 3.8) is 0 Å². The molecule has 0 saturated heterocycles. The second-order valence-electron chi connectivity index (χ2n) is 3.81. The fourth-order valence-corrected chi connectivity index (χ4v) is 1.73. The fraction of sp³-hybridized carbons (Fsp3) is 0.167. The van der Waals surface area contributed by atoms with E-state index in [0.717, 1.165) is 0 Å². The van der Waals surface area contributed by atoms with Gasteiger partial charge in [0.05, 0.1) is 0 Å². The molecule has 0 spiro atoms. The van der Waals surface area contributed by atoms with E-state index in [9.17, 15) is 14.3 Å². The molecule has 17 heavy (non-hydrogen) atoms. The van der Waals surface area contributed by atoms with E-state index < -0.39 is 17.3 Å². The van der Waals surface area contributed by atoms with Crippen LogP contribution in [0.5, 0.6) is 0 Å². The number of carboxylic acid groups (broad SMARTS) is 1. The zero-order chi connectivity index (χ0) is 12.5. The molecule has 0 aliphatic rings. The van der Waals surface area contributed by atoms with Crippen molar-refractivity contribution < 1.29 is 14.3 Å². The first-order valence-electron chi connectivity index (χ1n) is 5.05. The monoisotopic (exact) mass is 234 g/mol. The second kappa shape index (κ2) is 4.01. The summed E-state index contributed by atoms with van der Waals surface area (Å²) in [7, 11) is 0. The van der Waals surface area contributed by atoms with Crippen molar-refractivity contribution in [2.75, 3.05) is 0 Å².